The number of hydrogen-bond acceptors (Lipinski definition) is 4. The van der Waals surface area contributed by atoms with Crippen LogP contribution in [0.25, 0.3) is 0 Å². The third kappa shape index (κ3) is 17.4. The highest BCUT2D eigenvalue weighted by atomic mass is 15.1. The molecular formula is C19H42N4. The highest BCUT2D eigenvalue weighted by molar-refractivity contribution is 4.79. The van der Waals surface area contributed by atoms with E-state index in [1.165, 1.54) is 64.2 Å². The first kappa shape index (κ1) is 22.3. The summed E-state index contributed by atoms with van der Waals surface area (Å²) in [5.74, 6) is 0. The number of rotatable bonds is 18. The lowest BCUT2D eigenvalue weighted by Crippen LogP contribution is -2.21. The summed E-state index contributed by atoms with van der Waals surface area (Å²) in [6.45, 7) is 6.99. The lowest BCUT2D eigenvalue weighted by molar-refractivity contribution is 0.389. The molecule has 0 aliphatic carbocycles. The van der Waals surface area contributed by atoms with Crippen LogP contribution in [0.4, 0.5) is 0 Å². The lowest BCUT2D eigenvalue weighted by atomic mass is 10.1. The van der Waals surface area contributed by atoms with Crippen LogP contribution >= 0.6 is 0 Å². The van der Waals surface area contributed by atoms with Crippen LogP contribution in [-0.2, 0) is 0 Å². The highest BCUT2D eigenvalue weighted by Crippen LogP contribution is 2.10. The van der Waals surface area contributed by atoms with Gasteiger partial charge in [-0.1, -0.05) is 51.4 Å². The van der Waals surface area contributed by atoms with Gasteiger partial charge in [0.2, 0.25) is 0 Å². The smallest absolute Gasteiger partial charge is 0.0184 e. The van der Waals surface area contributed by atoms with Gasteiger partial charge in [-0.3, -0.25) is 0 Å². The zero-order valence-electron chi connectivity index (χ0n) is 15.6. The second-order valence-electron chi connectivity index (χ2n) is 6.36. The summed E-state index contributed by atoms with van der Waals surface area (Å²) >= 11 is 0. The molecule has 0 aliphatic heterocycles. The van der Waals surface area contributed by atoms with Crippen molar-refractivity contribution in [3.05, 3.63) is 12.4 Å². The van der Waals surface area contributed by atoms with E-state index in [0.29, 0.717) is 0 Å². The van der Waals surface area contributed by atoms with Crippen LogP contribution in [0.3, 0.4) is 0 Å². The Labute approximate surface area is 145 Å². The molecule has 0 aromatic rings. The molecule has 0 unspecified atom stereocenters. The number of unbranched alkanes of at least 4 members (excludes halogenated alkanes) is 9. The van der Waals surface area contributed by atoms with E-state index >= 15 is 0 Å². The van der Waals surface area contributed by atoms with Gasteiger partial charge in [0.15, 0.2) is 0 Å². The Morgan fingerprint density at radius 1 is 0.739 bits per heavy atom. The maximum Gasteiger partial charge on any atom is 0.0184 e. The Morgan fingerprint density at radius 3 is 1.78 bits per heavy atom. The summed E-state index contributed by atoms with van der Waals surface area (Å²) in [4.78, 5) is 2.30. The maximum absolute atomic E-state index is 5.54. The minimum Gasteiger partial charge on any atom is -0.390 e. The molecule has 0 amide bonds. The van der Waals surface area contributed by atoms with Crippen molar-refractivity contribution < 1.29 is 0 Å². The van der Waals surface area contributed by atoms with Gasteiger partial charge in [0.25, 0.3) is 0 Å². The second-order valence-corrected chi connectivity index (χ2v) is 6.36. The van der Waals surface area contributed by atoms with E-state index in [4.69, 9.17) is 11.5 Å². The third-order valence-corrected chi connectivity index (χ3v) is 4.23. The average Bonchev–Trinajstić information content (AvgIpc) is 2.57. The van der Waals surface area contributed by atoms with Crippen LogP contribution in [0.5, 0.6) is 0 Å². The van der Waals surface area contributed by atoms with Crippen molar-refractivity contribution in [2.75, 3.05) is 32.7 Å². The Hall–Kier alpha value is -0.740. The van der Waals surface area contributed by atoms with Gasteiger partial charge in [0, 0.05) is 32.0 Å². The minimum absolute atomic E-state index is 0.769. The monoisotopic (exact) mass is 326 g/mol. The molecule has 0 saturated carbocycles. The van der Waals surface area contributed by atoms with Gasteiger partial charge in [-0.15, -0.1) is 0 Å². The van der Waals surface area contributed by atoms with Crippen LogP contribution < -0.4 is 16.8 Å². The van der Waals surface area contributed by atoms with Crippen LogP contribution in [0.1, 0.15) is 77.6 Å². The molecule has 0 heterocycles. The molecule has 138 valence electrons. The van der Waals surface area contributed by atoms with Crippen LogP contribution in [-0.4, -0.2) is 37.6 Å². The number of hydrogen-bond donors (Lipinski definition) is 3. The maximum atomic E-state index is 5.54. The molecule has 0 bridgehead atoms. The van der Waals surface area contributed by atoms with Crippen molar-refractivity contribution >= 4 is 0 Å². The molecule has 0 spiro atoms. The van der Waals surface area contributed by atoms with Crippen molar-refractivity contribution in [2.45, 2.75) is 77.6 Å². The van der Waals surface area contributed by atoms with E-state index in [1.807, 2.05) is 0 Å². The molecule has 0 saturated heterocycles. The first-order valence-electron chi connectivity index (χ1n) is 9.89. The summed E-state index contributed by atoms with van der Waals surface area (Å²) in [7, 11) is 0. The molecule has 0 atom stereocenters. The summed E-state index contributed by atoms with van der Waals surface area (Å²) in [5.41, 5.74) is 11.0. The van der Waals surface area contributed by atoms with Crippen molar-refractivity contribution in [2.24, 2.45) is 11.5 Å². The average molecular weight is 327 g/mol. The quantitative estimate of drug-likeness (QED) is 0.337. The van der Waals surface area contributed by atoms with Crippen molar-refractivity contribution in [3.63, 3.8) is 0 Å². The van der Waals surface area contributed by atoms with E-state index in [0.717, 1.165) is 39.1 Å². The number of nitrogens with zero attached hydrogens (tertiary/aromatic N) is 1. The lowest BCUT2D eigenvalue weighted by Gasteiger charge is -2.17. The molecular weight excluding hydrogens is 284 g/mol. The van der Waals surface area contributed by atoms with Crippen LogP contribution in [0.2, 0.25) is 0 Å². The second kappa shape index (κ2) is 19.3. The Kier molecular flexibility index (Phi) is 18.7. The SMILES string of the molecule is CCN(/C=C\NCCCCCCCCCCCCN)CCCN. The molecule has 4 nitrogen and oxygen atoms in total. The largest absolute Gasteiger partial charge is 0.390 e. The molecule has 0 aromatic heterocycles. The van der Waals surface area contributed by atoms with Gasteiger partial charge in [-0.05, 0) is 39.3 Å². The number of nitrogens with two attached hydrogens (primary N) is 2. The third-order valence-electron chi connectivity index (χ3n) is 4.23. The van der Waals surface area contributed by atoms with E-state index < -0.39 is 0 Å². The first-order chi connectivity index (χ1) is 11.3. The normalized spacial score (nSPS) is 11.3. The van der Waals surface area contributed by atoms with Crippen molar-refractivity contribution in [3.8, 4) is 0 Å². The standard InChI is InChI=1S/C19H42N4/c1-2-23(18-13-15-21)19-17-22-16-12-10-8-6-4-3-5-7-9-11-14-20/h17,19,22H,2-16,18,20-21H2,1H3/b19-17-. The van der Waals surface area contributed by atoms with E-state index in [2.05, 4.69) is 29.5 Å². The van der Waals surface area contributed by atoms with Crippen molar-refractivity contribution in [1.82, 2.24) is 10.2 Å². The van der Waals surface area contributed by atoms with Crippen LogP contribution in [0, 0.1) is 0 Å². The molecule has 0 aromatic carbocycles. The number of nitrogens with one attached hydrogen (secondary N) is 1. The fourth-order valence-corrected chi connectivity index (χ4v) is 2.66. The molecule has 0 fully saturated rings. The predicted molar refractivity (Wildman–Crippen MR) is 103 cm³/mol. The summed E-state index contributed by atoms with van der Waals surface area (Å²) in [6, 6.07) is 0. The molecule has 0 radical (unpaired) electrons. The van der Waals surface area contributed by atoms with Gasteiger partial charge < -0.3 is 21.7 Å². The first-order valence-corrected chi connectivity index (χ1v) is 9.89. The predicted octanol–water partition coefficient (Wildman–Crippen LogP) is 3.58. The van der Waals surface area contributed by atoms with Gasteiger partial charge in [-0.25, -0.2) is 0 Å². The highest BCUT2D eigenvalue weighted by Gasteiger charge is 1.94. The molecule has 4 heteroatoms. The topological polar surface area (TPSA) is 67.3 Å². The summed E-state index contributed by atoms with van der Waals surface area (Å²) in [6.07, 6.45) is 18.8. The molecule has 0 rings (SSSR count). The Bertz CT molecular complexity index is 244. The zero-order chi connectivity index (χ0) is 17.0. The Balaban J connectivity index is 3.23. The molecule has 23 heavy (non-hydrogen) atoms. The van der Waals surface area contributed by atoms with Crippen LogP contribution in [0.15, 0.2) is 12.4 Å². The van der Waals surface area contributed by atoms with Gasteiger partial charge >= 0.3 is 0 Å². The minimum atomic E-state index is 0.769. The van der Waals surface area contributed by atoms with Crippen molar-refractivity contribution in [1.29, 1.82) is 0 Å². The van der Waals surface area contributed by atoms with E-state index in [-0.39, 0.29) is 0 Å². The molecule has 5 N–H and O–H groups in total. The van der Waals surface area contributed by atoms with Gasteiger partial charge in [0.05, 0.1) is 0 Å². The zero-order valence-corrected chi connectivity index (χ0v) is 15.6. The fraction of sp³-hybridized carbons (Fsp3) is 0.895. The van der Waals surface area contributed by atoms with Gasteiger partial charge in [0.1, 0.15) is 0 Å². The fourth-order valence-electron chi connectivity index (χ4n) is 2.66. The van der Waals surface area contributed by atoms with E-state index in [1.54, 1.807) is 0 Å². The summed E-state index contributed by atoms with van der Waals surface area (Å²) in [5, 5.41) is 3.39. The van der Waals surface area contributed by atoms with E-state index in [9.17, 15) is 0 Å². The summed E-state index contributed by atoms with van der Waals surface area (Å²) < 4.78 is 0. The molecule has 0 aliphatic rings. The van der Waals surface area contributed by atoms with Gasteiger partial charge in [-0.2, -0.15) is 0 Å². The Morgan fingerprint density at radius 2 is 1.26 bits per heavy atom.